The van der Waals surface area contributed by atoms with E-state index in [1.165, 1.54) is 18.0 Å². The van der Waals surface area contributed by atoms with Crippen molar-refractivity contribution >= 4 is 50.8 Å². The highest BCUT2D eigenvalue weighted by molar-refractivity contribution is 8.98. The second-order valence-electron chi connectivity index (χ2n) is 6.33. The van der Waals surface area contributed by atoms with E-state index < -0.39 is 31.1 Å². The lowest BCUT2D eigenvalue weighted by Crippen LogP contribution is -2.30. The summed E-state index contributed by atoms with van der Waals surface area (Å²) in [5, 5.41) is 9.01. The molecule has 0 aromatic heterocycles. The molecule has 1 N–H and O–H groups in total. The minimum Gasteiger partial charge on any atom is -0.395 e. The van der Waals surface area contributed by atoms with Crippen molar-refractivity contribution in [2.24, 2.45) is 0 Å². The van der Waals surface area contributed by atoms with Crippen LogP contribution in [0.4, 0.5) is 0 Å². The number of hydrogen-bond acceptors (Lipinski definition) is 10. The van der Waals surface area contributed by atoms with Gasteiger partial charge in [-0.05, 0) is 12.8 Å². The number of rotatable bonds is 13. The average molecular weight is 449 g/mol. The van der Waals surface area contributed by atoms with E-state index in [0.29, 0.717) is 18.6 Å². The molecule has 0 saturated carbocycles. The van der Waals surface area contributed by atoms with Gasteiger partial charge < -0.3 is 24.1 Å². The molecule has 5 radical (unpaired) electrons. The van der Waals surface area contributed by atoms with E-state index in [1.54, 1.807) is 14.2 Å². The van der Waals surface area contributed by atoms with Crippen molar-refractivity contribution < 1.29 is 37.7 Å². The second kappa shape index (κ2) is 12.6. The third-order valence-electron chi connectivity index (χ3n) is 4.29. The highest BCUT2D eigenvalue weighted by atomic mass is 33.3. The van der Waals surface area contributed by atoms with Gasteiger partial charge in [0.1, 0.15) is 20.1 Å². The second-order valence-corrected chi connectivity index (χ2v) is 12.3. The molecule has 2 rings (SSSR count). The fraction of sp³-hybridized carbons (Fsp3) is 1.00. The van der Waals surface area contributed by atoms with Gasteiger partial charge in [0, 0.05) is 50.1 Å². The van der Waals surface area contributed by atoms with Crippen LogP contribution in [0.3, 0.4) is 0 Å². The summed E-state index contributed by atoms with van der Waals surface area (Å²) in [6.45, 7) is -3.37. The number of methoxy groups -OCH3 is 2. The van der Waals surface area contributed by atoms with Crippen molar-refractivity contribution in [1.29, 1.82) is 0 Å². The van der Waals surface area contributed by atoms with Crippen LogP contribution in [0, 0.1) is 0 Å². The topological polar surface area (TPSA) is 92.7 Å². The van der Waals surface area contributed by atoms with Gasteiger partial charge in [-0.15, -0.1) is 0 Å². The Morgan fingerprint density at radius 1 is 1.21 bits per heavy atom. The monoisotopic (exact) mass is 449 g/mol. The molecule has 2 heterocycles. The first-order valence-electron chi connectivity index (χ1n) is 8.93. The number of hydrogen-bond donors (Lipinski definition) is 1. The minimum absolute atomic E-state index is 0.0153. The minimum atomic E-state index is -3.60. The summed E-state index contributed by atoms with van der Waals surface area (Å²) in [5.74, 6) is 0.383. The van der Waals surface area contributed by atoms with Crippen LogP contribution in [-0.4, -0.2) is 104 Å². The van der Waals surface area contributed by atoms with Gasteiger partial charge in [0.05, 0.1) is 39.2 Å². The zero-order valence-electron chi connectivity index (χ0n) is 16.0. The number of ether oxygens (including phenoxy) is 4. The van der Waals surface area contributed by atoms with Crippen LogP contribution < -0.4 is 0 Å². The van der Waals surface area contributed by atoms with E-state index in [-0.39, 0.29) is 31.9 Å². The molecule has 0 bridgehead atoms. The van der Waals surface area contributed by atoms with Crippen molar-refractivity contribution in [3.05, 3.63) is 0 Å². The highest BCUT2D eigenvalue weighted by Gasteiger charge is 2.42. The van der Waals surface area contributed by atoms with E-state index in [1.807, 2.05) is 0 Å². The lowest BCUT2D eigenvalue weighted by Gasteiger charge is -2.25. The molecule has 14 heteroatoms. The molecule has 7 atom stereocenters. The molecule has 1 unspecified atom stereocenters. The molecule has 0 aromatic rings. The lowest BCUT2D eigenvalue weighted by atomic mass is 9.51. The van der Waals surface area contributed by atoms with Crippen LogP contribution >= 0.6 is 28.0 Å². The SMILES string of the molecule is [B][B][C@H]1C[C@@H](OC)[C@@H](COP(=O)(O[C@@H]2C[C@H]([B])O[C@@H]2COC)SSCCO)O1. The molecular weight excluding hydrogens is 424 g/mol. The predicted molar refractivity (Wildman–Crippen MR) is 112 cm³/mol. The van der Waals surface area contributed by atoms with Gasteiger partial charge in [0.15, 0.2) is 0 Å². The van der Waals surface area contributed by atoms with Gasteiger partial charge in [-0.25, -0.2) is 4.57 Å². The Kier molecular flexibility index (Phi) is 11.3. The first-order valence-corrected chi connectivity index (χ1v) is 13.4. The summed E-state index contributed by atoms with van der Waals surface area (Å²) in [4.78, 5) is 0. The largest absolute Gasteiger partial charge is 0.400 e. The summed E-state index contributed by atoms with van der Waals surface area (Å²) in [7, 11) is 18.1. The fourth-order valence-electron chi connectivity index (χ4n) is 2.98. The van der Waals surface area contributed by atoms with Crippen molar-refractivity contribution in [3.63, 3.8) is 0 Å². The first-order chi connectivity index (χ1) is 13.4. The molecule has 8 nitrogen and oxygen atoms in total. The van der Waals surface area contributed by atoms with Gasteiger partial charge in [0.2, 0.25) is 0 Å². The zero-order chi connectivity index (χ0) is 20.6. The summed E-state index contributed by atoms with van der Waals surface area (Å²) in [6.07, 6.45) is -0.649. The Morgan fingerprint density at radius 3 is 2.61 bits per heavy atom. The average Bonchev–Trinajstić information content (AvgIpc) is 3.23. The summed E-state index contributed by atoms with van der Waals surface area (Å²) >= 11 is 0. The van der Waals surface area contributed by atoms with E-state index in [4.69, 9.17) is 48.7 Å². The normalized spacial score (nSPS) is 35.1. The maximum atomic E-state index is 13.4. The standard InChI is InChI=1S/C14H25B3O8PS2/c1-20-7-11-10(5-13(15)23-11)25-26(19,28-27-4-3-18)22-8-12-9(21-2)6-14(17-16)24-12/h9-14,18H,3-8H2,1-2H3/t9-,10-,11-,12-,13-,14-,26?/m1/s1. The van der Waals surface area contributed by atoms with Crippen LogP contribution in [-0.2, 0) is 32.6 Å². The van der Waals surface area contributed by atoms with Gasteiger partial charge in [-0.2, -0.15) is 0 Å². The summed E-state index contributed by atoms with van der Waals surface area (Å²) in [6, 6.07) is -0.770. The quantitative estimate of drug-likeness (QED) is 0.188. The smallest absolute Gasteiger partial charge is 0.395 e. The molecule has 0 aromatic carbocycles. The molecule has 28 heavy (non-hydrogen) atoms. The van der Waals surface area contributed by atoms with Crippen molar-refractivity contribution in [2.45, 2.75) is 49.3 Å². The van der Waals surface area contributed by atoms with Crippen molar-refractivity contribution in [1.82, 2.24) is 0 Å². The van der Waals surface area contributed by atoms with Crippen LogP contribution in [0.1, 0.15) is 12.8 Å². The van der Waals surface area contributed by atoms with E-state index >= 15 is 0 Å². The molecule has 0 amide bonds. The van der Waals surface area contributed by atoms with Gasteiger partial charge in [-0.1, -0.05) is 10.8 Å². The van der Waals surface area contributed by atoms with Crippen LogP contribution in [0.15, 0.2) is 0 Å². The third-order valence-corrected chi connectivity index (χ3v) is 10.4. The molecule has 155 valence electrons. The molecule has 2 saturated heterocycles. The van der Waals surface area contributed by atoms with Gasteiger partial charge in [-0.3, -0.25) is 9.05 Å². The van der Waals surface area contributed by atoms with E-state index in [2.05, 4.69) is 0 Å². The predicted octanol–water partition coefficient (Wildman–Crippen LogP) is 0.718. The Balaban J connectivity index is 2.00. The van der Waals surface area contributed by atoms with E-state index in [9.17, 15) is 4.57 Å². The molecule has 0 aliphatic carbocycles. The first kappa shape index (κ1) is 25.1. The number of aliphatic hydroxyl groups is 1. The van der Waals surface area contributed by atoms with Gasteiger partial charge in [0.25, 0.3) is 0 Å². The van der Waals surface area contributed by atoms with Crippen molar-refractivity contribution in [2.75, 3.05) is 39.8 Å². The van der Waals surface area contributed by atoms with Crippen LogP contribution in [0.25, 0.3) is 0 Å². The Bertz CT molecular complexity index is 511. The number of aliphatic hydroxyl groups excluding tert-OH is 1. The molecular formula is C14H25B3O8PS2. The third kappa shape index (κ3) is 7.52. The summed E-state index contributed by atoms with van der Waals surface area (Å²) < 4.78 is 46.7. The Labute approximate surface area is 177 Å². The highest BCUT2D eigenvalue weighted by Crippen LogP contribution is 2.67. The maximum Gasteiger partial charge on any atom is 0.400 e. The maximum absolute atomic E-state index is 13.4. The van der Waals surface area contributed by atoms with Crippen LogP contribution in [0.2, 0.25) is 0 Å². The van der Waals surface area contributed by atoms with Gasteiger partial charge >= 0.3 is 6.80 Å². The zero-order valence-corrected chi connectivity index (χ0v) is 18.5. The molecule has 2 fully saturated rings. The van der Waals surface area contributed by atoms with Crippen LogP contribution in [0.5, 0.6) is 0 Å². The molecule has 0 spiro atoms. The fourth-order valence-corrected chi connectivity index (χ4v) is 8.40. The van der Waals surface area contributed by atoms with E-state index in [0.717, 1.165) is 10.4 Å². The summed E-state index contributed by atoms with van der Waals surface area (Å²) in [5.41, 5.74) is 0. The lowest BCUT2D eigenvalue weighted by molar-refractivity contribution is -0.0270. The Morgan fingerprint density at radius 2 is 1.96 bits per heavy atom. The van der Waals surface area contributed by atoms with Crippen molar-refractivity contribution in [3.8, 4) is 0 Å². The molecule has 2 aliphatic rings. The Hall–Kier alpha value is 0.845. The molecule has 2 aliphatic heterocycles.